The summed E-state index contributed by atoms with van der Waals surface area (Å²) in [5.74, 6) is 0.495. The highest BCUT2D eigenvalue weighted by atomic mass is 16.5. The number of rotatable bonds is 1. The summed E-state index contributed by atoms with van der Waals surface area (Å²) in [6.45, 7) is 7.91. The Kier molecular flexibility index (Phi) is 6.83. The Morgan fingerprint density at radius 3 is 2.46 bits per heavy atom. The number of carbonyl (C=O) groups excluding carboxylic acids is 2. The molecular formula is C21H30N2O3. The van der Waals surface area contributed by atoms with Crippen LogP contribution in [0.3, 0.4) is 0 Å². The first-order chi connectivity index (χ1) is 12.3. The second kappa shape index (κ2) is 8.88. The lowest BCUT2D eigenvalue weighted by Crippen LogP contribution is -2.50. The molecule has 0 bridgehead atoms. The Morgan fingerprint density at radius 1 is 1.12 bits per heavy atom. The van der Waals surface area contributed by atoms with E-state index in [9.17, 15) is 9.59 Å². The van der Waals surface area contributed by atoms with Crippen molar-refractivity contribution in [1.82, 2.24) is 10.2 Å². The van der Waals surface area contributed by atoms with Crippen LogP contribution < -0.4 is 10.1 Å². The molecule has 1 aliphatic rings. The largest absolute Gasteiger partial charge is 0.490 e. The molecule has 0 aliphatic carbocycles. The Hall–Kier alpha value is -2.30. The molecule has 2 rings (SSSR count). The van der Waals surface area contributed by atoms with E-state index in [1.807, 2.05) is 13.0 Å². The molecule has 142 valence electrons. The van der Waals surface area contributed by atoms with E-state index in [0.717, 1.165) is 12.8 Å². The van der Waals surface area contributed by atoms with Gasteiger partial charge in [-0.05, 0) is 38.3 Å². The highest BCUT2D eigenvalue weighted by Gasteiger charge is 2.27. The molecule has 1 aromatic rings. The zero-order valence-electron chi connectivity index (χ0n) is 16.4. The maximum atomic E-state index is 12.9. The zero-order chi connectivity index (χ0) is 19.3. The molecule has 3 atom stereocenters. The Bertz CT molecular complexity index is 669. The minimum Gasteiger partial charge on any atom is -0.490 e. The fraction of sp³-hybridized carbons (Fsp3) is 0.524. The number of benzene rings is 1. The number of amides is 2. The molecule has 0 saturated carbocycles. The van der Waals surface area contributed by atoms with Crippen LogP contribution in [0.25, 0.3) is 0 Å². The van der Waals surface area contributed by atoms with Gasteiger partial charge in [0.2, 0.25) is 5.91 Å². The van der Waals surface area contributed by atoms with Crippen molar-refractivity contribution in [2.75, 3.05) is 7.05 Å². The second-order valence-corrected chi connectivity index (χ2v) is 7.32. The molecule has 2 amide bonds. The molecule has 0 unspecified atom stereocenters. The van der Waals surface area contributed by atoms with Crippen LogP contribution in [0.4, 0.5) is 0 Å². The van der Waals surface area contributed by atoms with Crippen LogP contribution in [0.2, 0.25) is 0 Å². The number of hydrogen-bond acceptors (Lipinski definition) is 3. The van der Waals surface area contributed by atoms with E-state index in [-0.39, 0.29) is 24.0 Å². The number of nitrogens with zero attached hydrogens (tertiary/aromatic N) is 1. The van der Waals surface area contributed by atoms with Crippen LogP contribution >= 0.6 is 0 Å². The third-order valence-corrected chi connectivity index (χ3v) is 4.88. The maximum Gasteiger partial charge on any atom is 0.258 e. The highest BCUT2D eigenvalue weighted by molar-refractivity contribution is 5.99. The van der Waals surface area contributed by atoms with Crippen molar-refractivity contribution >= 4 is 11.8 Å². The zero-order valence-corrected chi connectivity index (χ0v) is 16.4. The van der Waals surface area contributed by atoms with Gasteiger partial charge in [0.05, 0.1) is 11.7 Å². The van der Waals surface area contributed by atoms with Crippen molar-refractivity contribution in [3.05, 3.63) is 42.0 Å². The summed E-state index contributed by atoms with van der Waals surface area (Å²) < 4.78 is 6.00. The van der Waals surface area contributed by atoms with Gasteiger partial charge in [0.1, 0.15) is 11.8 Å². The molecule has 26 heavy (non-hydrogen) atoms. The molecule has 5 heteroatoms. The van der Waals surface area contributed by atoms with E-state index < -0.39 is 6.04 Å². The van der Waals surface area contributed by atoms with Crippen molar-refractivity contribution < 1.29 is 14.3 Å². The van der Waals surface area contributed by atoms with Gasteiger partial charge in [-0.25, -0.2) is 0 Å². The molecule has 0 radical (unpaired) electrons. The first-order valence-corrected chi connectivity index (χ1v) is 9.29. The smallest absolute Gasteiger partial charge is 0.258 e. The maximum absolute atomic E-state index is 12.9. The van der Waals surface area contributed by atoms with E-state index in [2.05, 4.69) is 31.3 Å². The predicted molar refractivity (Wildman–Crippen MR) is 103 cm³/mol. The topological polar surface area (TPSA) is 58.6 Å². The molecule has 1 aromatic carbocycles. The second-order valence-electron chi connectivity index (χ2n) is 7.32. The average Bonchev–Trinajstić information content (AvgIpc) is 2.61. The normalized spacial score (nSPS) is 26.5. The Balaban J connectivity index is 2.36. The summed E-state index contributed by atoms with van der Waals surface area (Å²) in [5.41, 5.74) is 0.475. The minimum atomic E-state index is -0.568. The van der Waals surface area contributed by atoms with Crippen LogP contribution in [-0.2, 0) is 4.79 Å². The first kappa shape index (κ1) is 20.0. The standard InChI is InChI=1S/C21H30N2O3/c1-14(2)18-12-8-6-10-15(3)26-19-13-9-7-11-17(19)21(25)23(5)16(4)20(24)22-18/h6-9,11,13-16,18H,10,12H2,1-5H3,(H,22,24)/b8-6-/t15-,16+,18+/m1/s1. The number of carbonyl (C=O) groups is 2. The third kappa shape index (κ3) is 4.87. The van der Waals surface area contributed by atoms with Crippen LogP contribution in [0.5, 0.6) is 5.75 Å². The average molecular weight is 358 g/mol. The number of nitrogens with one attached hydrogen (secondary N) is 1. The summed E-state index contributed by atoms with van der Waals surface area (Å²) in [4.78, 5) is 27.1. The van der Waals surface area contributed by atoms with Gasteiger partial charge in [-0.1, -0.05) is 38.1 Å². The monoisotopic (exact) mass is 358 g/mol. The third-order valence-electron chi connectivity index (χ3n) is 4.88. The predicted octanol–water partition coefficient (Wildman–Crippen LogP) is 3.41. The number of para-hydroxylation sites is 1. The summed E-state index contributed by atoms with van der Waals surface area (Å²) in [6.07, 6.45) is 5.64. The summed E-state index contributed by atoms with van der Waals surface area (Å²) >= 11 is 0. The molecule has 0 aromatic heterocycles. The van der Waals surface area contributed by atoms with E-state index in [4.69, 9.17) is 4.74 Å². The van der Waals surface area contributed by atoms with Crippen molar-refractivity contribution in [2.24, 2.45) is 5.92 Å². The fourth-order valence-electron chi connectivity index (χ4n) is 2.88. The SMILES string of the molecule is CC(C)[C@@H]1C/C=C\C[C@@H](C)Oc2ccccc2C(=O)N(C)[C@@H](C)C(=O)N1. The Morgan fingerprint density at radius 2 is 1.77 bits per heavy atom. The lowest BCUT2D eigenvalue weighted by molar-refractivity contribution is -0.125. The molecule has 0 spiro atoms. The molecule has 1 heterocycles. The lowest BCUT2D eigenvalue weighted by Gasteiger charge is -2.29. The molecule has 0 saturated heterocycles. The quantitative estimate of drug-likeness (QED) is 0.783. The van der Waals surface area contributed by atoms with Gasteiger partial charge in [-0.2, -0.15) is 0 Å². The van der Waals surface area contributed by atoms with Crippen molar-refractivity contribution in [3.8, 4) is 5.75 Å². The van der Waals surface area contributed by atoms with Crippen LogP contribution in [-0.4, -0.2) is 41.9 Å². The summed E-state index contributed by atoms with van der Waals surface area (Å²) in [7, 11) is 1.66. The van der Waals surface area contributed by atoms with Gasteiger partial charge in [0.25, 0.3) is 5.91 Å². The minimum absolute atomic E-state index is 0.0381. The number of hydrogen-bond donors (Lipinski definition) is 1. The van der Waals surface area contributed by atoms with Crippen molar-refractivity contribution in [3.63, 3.8) is 0 Å². The van der Waals surface area contributed by atoms with E-state index in [0.29, 0.717) is 17.2 Å². The van der Waals surface area contributed by atoms with Crippen LogP contribution in [0, 0.1) is 5.92 Å². The lowest BCUT2D eigenvalue weighted by atomic mass is 9.99. The molecular weight excluding hydrogens is 328 g/mol. The van der Waals surface area contributed by atoms with E-state index in [1.165, 1.54) is 4.90 Å². The molecule has 1 aliphatic heterocycles. The van der Waals surface area contributed by atoms with Gasteiger partial charge in [0, 0.05) is 19.5 Å². The van der Waals surface area contributed by atoms with Gasteiger partial charge in [-0.15, -0.1) is 0 Å². The Labute approximate surface area is 156 Å². The van der Waals surface area contributed by atoms with Crippen molar-refractivity contribution in [2.45, 2.75) is 58.7 Å². The van der Waals surface area contributed by atoms with Gasteiger partial charge in [-0.3, -0.25) is 9.59 Å². The van der Waals surface area contributed by atoms with Gasteiger partial charge in [0.15, 0.2) is 0 Å². The molecule has 5 nitrogen and oxygen atoms in total. The fourth-order valence-corrected chi connectivity index (χ4v) is 2.88. The van der Waals surface area contributed by atoms with Crippen LogP contribution in [0.1, 0.15) is 50.9 Å². The van der Waals surface area contributed by atoms with Gasteiger partial charge < -0.3 is 15.0 Å². The summed E-state index contributed by atoms with van der Waals surface area (Å²) in [6, 6.07) is 6.66. The van der Waals surface area contributed by atoms with Crippen LogP contribution in [0.15, 0.2) is 36.4 Å². The first-order valence-electron chi connectivity index (χ1n) is 9.29. The number of fused-ring (bicyclic) bond motifs is 1. The van der Waals surface area contributed by atoms with E-state index >= 15 is 0 Å². The van der Waals surface area contributed by atoms with Gasteiger partial charge >= 0.3 is 0 Å². The summed E-state index contributed by atoms with van der Waals surface area (Å²) in [5, 5.41) is 3.09. The molecule has 0 fully saturated rings. The van der Waals surface area contributed by atoms with Crippen molar-refractivity contribution in [1.29, 1.82) is 0 Å². The number of likely N-dealkylation sites (N-methyl/N-ethyl adjacent to an activating group) is 1. The molecule has 1 N–H and O–H groups in total. The van der Waals surface area contributed by atoms with E-state index in [1.54, 1.807) is 32.2 Å². The highest BCUT2D eigenvalue weighted by Crippen LogP contribution is 2.23. The number of ether oxygens (including phenoxy) is 1.